The summed E-state index contributed by atoms with van der Waals surface area (Å²) in [6.45, 7) is 5.74. The minimum Gasteiger partial charge on any atom is -0.396 e. The van der Waals surface area contributed by atoms with E-state index >= 15 is 0 Å². The largest absolute Gasteiger partial charge is 0.396 e. The smallest absolute Gasteiger partial charge is 0.312 e. The monoisotopic (exact) mass is 286 g/mol. The minimum atomic E-state index is -0.700. The van der Waals surface area contributed by atoms with Gasteiger partial charge in [0, 0.05) is 19.2 Å². The van der Waals surface area contributed by atoms with Crippen molar-refractivity contribution in [1.82, 2.24) is 15.1 Å². The van der Waals surface area contributed by atoms with Crippen LogP contribution < -0.4 is 5.32 Å². The molecule has 0 aromatic carbocycles. The Kier molecular flexibility index (Phi) is 6.05. The number of nitrogens with zero attached hydrogens (tertiary/aromatic N) is 3. The van der Waals surface area contributed by atoms with Gasteiger partial charge in [-0.25, -0.2) is 0 Å². The molecule has 114 valence electrons. The minimum absolute atomic E-state index is 0.00110. The Hall–Kier alpha value is -1.51. The van der Waals surface area contributed by atoms with Crippen molar-refractivity contribution in [2.24, 2.45) is 0 Å². The van der Waals surface area contributed by atoms with Crippen molar-refractivity contribution in [3.05, 3.63) is 21.5 Å². The van der Waals surface area contributed by atoms with Gasteiger partial charge in [0.1, 0.15) is 11.4 Å². The molecule has 20 heavy (non-hydrogen) atoms. The maximum Gasteiger partial charge on any atom is 0.312 e. The summed E-state index contributed by atoms with van der Waals surface area (Å²) in [5.74, 6) is 0. The summed E-state index contributed by atoms with van der Waals surface area (Å²) in [6, 6.07) is 0.101. The molecular weight excluding hydrogens is 264 g/mol. The molecule has 8 heteroatoms. The second-order valence-electron chi connectivity index (χ2n) is 4.93. The molecule has 0 spiro atoms. The van der Waals surface area contributed by atoms with Gasteiger partial charge in [0.2, 0.25) is 0 Å². The van der Waals surface area contributed by atoms with Crippen molar-refractivity contribution in [2.75, 3.05) is 13.2 Å². The molecule has 0 fully saturated rings. The number of aliphatic hydroxyl groups excluding tert-OH is 2. The topological polar surface area (TPSA) is 113 Å². The fourth-order valence-electron chi connectivity index (χ4n) is 2.03. The first-order valence-corrected chi connectivity index (χ1v) is 6.57. The molecule has 2 atom stereocenters. The average molecular weight is 286 g/mol. The lowest BCUT2D eigenvalue weighted by atomic mass is 10.2. The van der Waals surface area contributed by atoms with Crippen LogP contribution in [0.5, 0.6) is 0 Å². The molecule has 0 saturated heterocycles. The van der Waals surface area contributed by atoms with Crippen LogP contribution in [-0.4, -0.2) is 50.2 Å². The normalized spacial score (nSPS) is 14.2. The van der Waals surface area contributed by atoms with Crippen molar-refractivity contribution >= 4 is 5.69 Å². The number of aromatic nitrogens is 2. The molecule has 1 rings (SSSR count). The Morgan fingerprint density at radius 1 is 1.50 bits per heavy atom. The number of aryl methyl sites for hydroxylation is 1. The van der Waals surface area contributed by atoms with Crippen molar-refractivity contribution < 1.29 is 15.1 Å². The summed E-state index contributed by atoms with van der Waals surface area (Å²) in [5.41, 5.74) is 0.787. The van der Waals surface area contributed by atoms with E-state index in [2.05, 4.69) is 10.4 Å². The van der Waals surface area contributed by atoms with Crippen LogP contribution >= 0.6 is 0 Å². The second kappa shape index (κ2) is 7.32. The number of hydrogen-bond donors (Lipinski definition) is 3. The fourth-order valence-corrected chi connectivity index (χ4v) is 2.03. The van der Waals surface area contributed by atoms with Crippen LogP contribution in [0, 0.1) is 24.0 Å². The molecule has 1 heterocycles. The third-order valence-electron chi connectivity index (χ3n) is 3.17. The van der Waals surface area contributed by atoms with Gasteiger partial charge in [-0.1, -0.05) is 0 Å². The molecule has 0 amide bonds. The van der Waals surface area contributed by atoms with Gasteiger partial charge in [-0.15, -0.1) is 0 Å². The molecule has 1 aromatic rings. The van der Waals surface area contributed by atoms with Crippen LogP contribution in [0.25, 0.3) is 0 Å². The van der Waals surface area contributed by atoms with Crippen LogP contribution in [0.15, 0.2) is 0 Å². The van der Waals surface area contributed by atoms with Gasteiger partial charge >= 0.3 is 5.69 Å². The molecule has 0 saturated carbocycles. The van der Waals surface area contributed by atoms with E-state index in [4.69, 9.17) is 5.11 Å². The Balaban J connectivity index is 2.60. The standard InChI is InChI=1S/C12H22N4O4/c1-8(4-5-17)13-6-11(18)7-15-10(3)12(16(19)20)9(2)14-15/h8,11,13,17-18H,4-7H2,1-3H3. The van der Waals surface area contributed by atoms with Crippen LogP contribution in [-0.2, 0) is 6.54 Å². The van der Waals surface area contributed by atoms with Gasteiger partial charge in [-0.05, 0) is 27.2 Å². The summed E-state index contributed by atoms with van der Waals surface area (Å²) in [6.07, 6.45) is -0.0910. The average Bonchev–Trinajstić information content (AvgIpc) is 2.62. The Bertz CT molecular complexity index is 461. The molecular formula is C12H22N4O4. The molecule has 3 N–H and O–H groups in total. The van der Waals surface area contributed by atoms with Gasteiger partial charge < -0.3 is 15.5 Å². The van der Waals surface area contributed by atoms with Gasteiger partial charge in [0.25, 0.3) is 0 Å². The van der Waals surface area contributed by atoms with E-state index < -0.39 is 11.0 Å². The molecule has 0 bridgehead atoms. The zero-order chi connectivity index (χ0) is 15.3. The number of hydrogen-bond acceptors (Lipinski definition) is 6. The Morgan fingerprint density at radius 2 is 2.15 bits per heavy atom. The van der Waals surface area contributed by atoms with Gasteiger partial charge in [0.05, 0.1) is 17.6 Å². The Morgan fingerprint density at radius 3 is 2.65 bits per heavy atom. The van der Waals surface area contributed by atoms with E-state index in [1.807, 2.05) is 6.92 Å². The molecule has 2 unspecified atom stereocenters. The number of nitrogens with one attached hydrogen (secondary N) is 1. The van der Waals surface area contributed by atoms with Crippen LogP contribution in [0.1, 0.15) is 24.7 Å². The molecule has 0 aliphatic rings. The van der Waals surface area contributed by atoms with Gasteiger partial charge in [0.15, 0.2) is 0 Å². The molecule has 8 nitrogen and oxygen atoms in total. The van der Waals surface area contributed by atoms with E-state index in [1.54, 1.807) is 13.8 Å². The van der Waals surface area contributed by atoms with Crippen LogP contribution in [0.2, 0.25) is 0 Å². The maximum absolute atomic E-state index is 10.9. The molecule has 1 aromatic heterocycles. The lowest BCUT2D eigenvalue weighted by Gasteiger charge is -2.16. The maximum atomic E-state index is 10.9. The Labute approximate surface area is 117 Å². The highest BCUT2D eigenvalue weighted by molar-refractivity contribution is 5.39. The predicted molar refractivity (Wildman–Crippen MR) is 73.5 cm³/mol. The number of aliphatic hydroxyl groups is 2. The lowest BCUT2D eigenvalue weighted by Crippen LogP contribution is -2.36. The first-order valence-electron chi connectivity index (χ1n) is 6.57. The summed E-state index contributed by atoms with van der Waals surface area (Å²) >= 11 is 0. The highest BCUT2D eigenvalue weighted by Gasteiger charge is 2.22. The van der Waals surface area contributed by atoms with Crippen LogP contribution in [0.3, 0.4) is 0 Å². The van der Waals surface area contributed by atoms with Crippen molar-refractivity contribution in [1.29, 1.82) is 0 Å². The van der Waals surface area contributed by atoms with Crippen molar-refractivity contribution in [3.63, 3.8) is 0 Å². The lowest BCUT2D eigenvalue weighted by molar-refractivity contribution is -0.386. The predicted octanol–water partition coefficient (Wildman–Crippen LogP) is 0.130. The zero-order valence-corrected chi connectivity index (χ0v) is 12.0. The third kappa shape index (κ3) is 4.26. The third-order valence-corrected chi connectivity index (χ3v) is 3.17. The van der Waals surface area contributed by atoms with Crippen LogP contribution in [0.4, 0.5) is 5.69 Å². The van der Waals surface area contributed by atoms with E-state index in [0.717, 1.165) is 0 Å². The van der Waals surface area contributed by atoms with E-state index in [0.29, 0.717) is 24.4 Å². The van der Waals surface area contributed by atoms with E-state index in [1.165, 1.54) is 4.68 Å². The van der Waals surface area contributed by atoms with Crippen molar-refractivity contribution in [3.8, 4) is 0 Å². The summed E-state index contributed by atoms with van der Waals surface area (Å²) < 4.78 is 1.45. The summed E-state index contributed by atoms with van der Waals surface area (Å²) in [5, 5.41) is 36.8. The highest BCUT2D eigenvalue weighted by atomic mass is 16.6. The summed E-state index contributed by atoms with van der Waals surface area (Å²) in [7, 11) is 0. The molecule has 0 aliphatic heterocycles. The SMILES string of the molecule is Cc1nn(CC(O)CNC(C)CCO)c(C)c1[N+](=O)[O-]. The highest BCUT2D eigenvalue weighted by Crippen LogP contribution is 2.21. The fraction of sp³-hybridized carbons (Fsp3) is 0.750. The molecule has 0 aliphatic carbocycles. The number of rotatable bonds is 8. The van der Waals surface area contributed by atoms with E-state index in [9.17, 15) is 15.2 Å². The zero-order valence-electron chi connectivity index (χ0n) is 12.0. The van der Waals surface area contributed by atoms with Gasteiger partial charge in [-0.3, -0.25) is 14.8 Å². The number of nitro groups is 1. The summed E-state index contributed by atoms with van der Waals surface area (Å²) in [4.78, 5) is 10.4. The van der Waals surface area contributed by atoms with Crippen molar-refractivity contribution in [2.45, 2.75) is 45.9 Å². The quantitative estimate of drug-likeness (QED) is 0.462. The van der Waals surface area contributed by atoms with E-state index in [-0.39, 0.29) is 24.9 Å². The molecule has 0 radical (unpaired) electrons. The first-order chi connectivity index (χ1) is 9.36. The second-order valence-corrected chi connectivity index (χ2v) is 4.93. The first kappa shape index (κ1) is 16.5. The van der Waals surface area contributed by atoms with Gasteiger partial charge in [-0.2, -0.15) is 5.10 Å².